The fourth-order valence-electron chi connectivity index (χ4n) is 2.24. The second-order valence-corrected chi connectivity index (χ2v) is 7.98. The predicted molar refractivity (Wildman–Crippen MR) is 106 cm³/mol. The van der Waals surface area contributed by atoms with Crippen molar-refractivity contribution >= 4 is 27.3 Å². The van der Waals surface area contributed by atoms with Crippen LogP contribution in [0.2, 0.25) is 0 Å². The number of anilines is 1. The lowest BCUT2D eigenvalue weighted by atomic mass is 10.2. The maximum absolute atomic E-state index is 13.2. The Kier molecular flexibility index (Phi) is 6.57. The van der Waals surface area contributed by atoms with Gasteiger partial charge in [-0.2, -0.15) is 5.10 Å². The first-order valence-electron chi connectivity index (χ1n) is 8.27. The van der Waals surface area contributed by atoms with Gasteiger partial charge in [0.25, 0.3) is 15.9 Å². The van der Waals surface area contributed by atoms with Crippen LogP contribution in [0.4, 0.5) is 5.69 Å². The minimum atomic E-state index is -3.96. The lowest BCUT2D eigenvalue weighted by molar-refractivity contribution is -0.119. The van der Waals surface area contributed by atoms with Gasteiger partial charge in [0.2, 0.25) is 0 Å². The molecule has 0 fully saturated rings. The average Bonchev–Trinajstić information content (AvgIpc) is 2.65. The van der Waals surface area contributed by atoms with Crippen molar-refractivity contribution in [3.05, 3.63) is 54.1 Å². The quantitative estimate of drug-likeness (QED) is 0.583. The first-order chi connectivity index (χ1) is 12.7. The van der Waals surface area contributed by atoms with Crippen molar-refractivity contribution in [2.45, 2.75) is 25.7 Å². The molecule has 0 bridgehead atoms. The van der Waals surface area contributed by atoms with Crippen LogP contribution in [0.25, 0.3) is 0 Å². The molecule has 2 aromatic carbocycles. The Bertz CT molecular complexity index is 916. The summed E-state index contributed by atoms with van der Waals surface area (Å²) >= 11 is 0. The highest BCUT2D eigenvalue weighted by Crippen LogP contribution is 2.25. The van der Waals surface area contributed by atoms with E-state index in [-0.39, 0.29) is 4.90 Å². The molecule has 0 saturated carbocycles. The molecule has 0 aromatic heterocycles. The van der Waals surface area contributed by atoms with E-state index >= 15 is 0 Å². The van der Waals surface area contributed by atoms with Crippen LogP contribution >= 0.6 is 0 Å². The summed E-state index contributed by atoms with van der Waals surface area (Å²) in [6, 6.07) is 12.9. The molecule has 0 atom stereocenters. The van der Waals surface area contributed by atoms with Crippen molar-refractivity contribution < 1.29 is 17.9 Å². The third-order valence-electron chi connectivity index (χ3n) is 3.66. The zero-order valence-corrected chi connectivity index (χ0v) is 16.6. The molecule has 0 aliphatic rings. The molecule has 1 N–H and O–H groups in total. The topological polar surface area (TPSA) is 88.1 Å². The molecule has 0 spiro atoms. The summed E-state index contributed by atoms with van der Waals surface area (Å²) in [7, 11) is -2.45. The van der Waals surface area contributed by atoms with Gasteiger partial charge in [-0.15, -0.1) is 0 Å². The second-order valence-electron chi connectivity index (χ2n) is 6.12. The lowest BCUT2D eigenvalue weighted by Gasteiger charge is -2.24. The molecular weight excluding hydrogens is 366 g/mol. The number of benzene rings is 2. The van der Waals surface area contributed by atoms with E-state index in [9.17, 15) is 13.2 Å². The van der Waals surface area contributed by atoms with Crippen LogP contribution in [0.15, 0.2) is 58.5 Å². The van der Waals surface area contributed by atoms with Crippen LogP contribution in [0.5, 0.6) is 5.75 Å². The van der Waals surface area contributed by atoms with Gasteiger partial charge in [-0.25, -0.2) is 13.8 Å². The molecule has 0 heterocycles. The Morgan fingerprint density at radius 1 is 1.07 bits per heavy atom. The number of amides is 1. The van der Waals surface area contributed by atoms with Gasteiger partial charge in [0.05, 0.1) is 17.7 Å². The number of hydrazone groups is 1. The molecule has 0 aliphatic heterocycles. The van der Waals surface area contributed by atoms with Crippen LogP contribution in [-0.2, 0) is 14.8 Å². The third kappa shape index (κ3) is 5.30. The first kappa shape index (κ1) is 20.4. The van der Waals surface area contributed by atoms with Crippen LogP contribution in [-0.4, -0.2) is 33.7 Å². The van der Waals surface area contributed by atoms with Gasteiger partial charge >= 0.3 is 0 Å². The summed E-state index contributed by atoms with van der Waals surface area (Å²) in [5.74, 6) is 0.00944. The molecule has 27 heavy (non-hydrogen) atoms. The van der Waals surface area contributed by atoms with E-state index in [1.54, 1.807) is 50.2 Å². The van der Waals surface area contributed by atoms with E-state index in [4.69, 9.17) is 4.74 Å². The third-order valence-corrected chi connectivity index (χ3v) is 5.45. The first-order valence-corrected chi connectivity index (χ1v) is 9.71. The summed E-state index contributed by atoms with van der Waals surface area (Å²) in [6.07, 6.45) is 0. The molecular formula is C19H23N3O4S. The number of carbonyl (C=O) groups excluding carboxylic acids is 1. The van der Waals surface area contributed by atoms with Gasteiger partial charge in [-0.1, -0.05) is 17.7 Å². The number of carbonyl (C=O) groups is 1. The normalized spacial score (nSPS) is 10.8. The largest absolute Gasteiger partial charge is 0.497 e. The maximum Gasteiger partial charge on any atom is 0.264 e. The number of methoxy groups -OCH3 is 1. The number of hydrogen-bond acceptors (Lipinski definition) is 5. The van der Waals surface area contributed by atoms with Crippen molar-refractivity contribution in [3.63, 3.8) is 0 Å². The smallest absolute Gasteiger partial charge is 0.264 e. The van der Waals surface area contributed by atoms with Crippen LogP contribution < -0.4 is 14.5 Å². The van der Waals surface area contributed by atoms with Gasteiger partial charge < -0.3 is 4.74 Å². The molecule has 0 radical (unpaired) electrons. The highest BCUT2D eigenvalue weighted by molar-refractivity contribution is 7.92. The van der Waals surface area contributed by atoms with Crippen molar-refractivity contribution in [3.8, 4) is 5.75 Å². The maximum atomic E-state index is 13.2. The minimum Gasteiger partial charge on any atom is -0.497 e. The molecule has 2 aromatic rings. The Hall–Kier alpha value is -2.87. The Morgan fingerprint density at radius 2 is 1.67 bits per heavy atom. The number of sulfonamides is 1. The van der Waals surface area contributed by atoms with Crippen LogP contribution in [0.1, 0.15) is 19.4 Å². The second kappa shape index (κ2) is 8.68. The Morgan fingerprint density at radius 3 is 2.19 bits per heavy atom. The van der Waals surface area contributed by atoms with Gasteiger partial charge in [-0.3, -0.25) is 9.10 Å². The summed E-state index contributed by atoms with van der Waals surface area (Å²) < 4.78 is 32.5. The zero-order valence-electron chi connectivity index (χ0n) is 15.8. The number of nitrogens with one attached hydrogen (secondary N) is 1. The van der Waals surface area contributed by atoms with E-state index in [1.165, 1.54) is 19.2 Å². The summed E-state index contributed by atoms with van der Waals surface area (Å²) in [4.78, 5) is 12.3. The number of nitrogens with zero attached hydrogens (tertiary/aromatic N) is 2. The van der Waals surface area contributed by atoms with Crippen molar-refractivity contribution in [1.82, 2.24) is 5.43 Å². The van der Waals surface area contributed by atoms with E-state index in [1.807, 2.05) is 6.92 Å². The Labute approximate surface area is 159 Å². The van der Waals surface area contributed by atoms with Gasteiger partial charge in [-0.05, 0) is 57.2 Å². The molecule has 0 aliphatic carbocycles. The number of ether oxygens (including phenoxy) is 1. The summed E-state index contributed by atoms with van der Waals surface area (Å²) in [5, 5.41) is 3.84. The zero-order chi connectivity index (χ0) is 20.0. The van der Waals surface area contributed by atoms with Gasteiger partial charge in [0.15, 0.2) is 0 Å². The number of aryl methyl sites for hydroxylation is 1. The van der Waals surface area contributed by atoms with E-state index < -0.39 is 22.5 Å². The average molecular weight is 389 g/mol. The van der Waals surface area contributed by atoms with Crippen LogP contribution in [0, 0.1) is 6.92 Å². The summed E-state index contributed by atoms with van der Waals surface area (Å²) in [5.41, 5.74) is 4.39. The van der Waals surface area contributed by atoms with E-state index in [0.717, 1.165) is 9.87 Å². The molecule has 1 amide bonds. The number of rotatable bonds is 7. The molecule has 0 saturated heterocycles. The summed E-state index contributed by atoms with van der Waals surface area (Å²) in [6.45, 7) is 4.96. The highest BCUT2D eigenvalue weighted by Gasteiger charge is 2.27. The molecule has 144 valence electrons. The molecule has 0 unspecified atom stereocenters. The van der Waals surface area contributed by atoms with Crippen LogP contribution in [0.3, 0.4) is 0 Å². The van der Waals surface area contributed by atoms with Crippen molar-refractivity contribution in [2.24, 2.45) is 5.10 Å². The van der Waals surface area contributed by atoms with E-state index in [0.29, 0.717) is 17.1 Å². The number of hydrogen-bond donors (Lipinski definition) is 1. The van der Waals surface area contributed by atoms with E-state index in [2.05, 4.69) is 10.5 Å². The molecule has 8 heteroatoms. The fraction of sp³-hybridized carbons (Fsp3) is 0.263. The lowest BCUT2D eigenvalue weighted by Crippen LogP contribution is -2.39. The minimum absolute atomic E-state index is 0.0619. The fourth-order valence-corrected chi connectivity index (χ4v) is 3.66. The molecule has 7 nitrogen and oxygen atoms in total. The Balaban J connectivity index is 2.41. The van der Waals surface area contributed by atoms with Crippen molar-refractivity contribution in [1.29, 1.82) is 0 Å². The SMILES string of the molecule is COc1ccc(S(=O)(=O)N(CC(=O)NN=C(C)C)c2ccc(C)cc2)cc1. The predicted octanol–water partition coefficient (Wildman–Crippen LogP) is 2.71. The van der Waals surface area contributed by atoms with Crippen molar-refractivity contribution in [2.75, 3.05) is 18.0 Å². The van der Waals surface area contributed by atoms with Gasteiger partial charge in [0, 0.05) is 5.71 Å². The van der Waals surface area contributed by atoms with Gasteiger partial charge in [0.1, 0.15) is 12.3 Å². The molecule has 2 rings (SSSR count). The highest BCUT2D eigenvalue weighted by atomic mass is 32.2. The standard InChI is InChI=1S/C19H23N3O4S/c1-14(2)20-21-19(23)13-22(16-7-5-15(3)6-8-16)27(24,25)18-11-9-17(26-4)10-12-18/h5-12H,13H2,1-4H3,(H,21,23). The monoisotopic (exact) mass is 389 g/mol.